The van der Waals surface area contributed by atoms with Crippen molar-refractivity contribution in [3.05, 3.63) is 21.1 Å². The molecule has 6 heteroatoms. The summed E-state index contributed by atoms with van der Waals surface area (Å²) in [6.45, 7) is 0.369. The second-order valence-electron chi connectivity index (χ2n) is 2.81. The molecule has 1 aromatic rings. The number of hydrogen-bond donors (Lipinski definition) is 0. The molecule has 0 unspecified atom stereocenters. The van der Waals surface area contributed by atoms with Crippen LogP contribution in [0.3, 0.4) is 0 Å². The van der Waals surface area contributed by atoms with Crippen LogP contribution in [-0.2, 0) is 9.47 Å². The van der Waals surface area contributed by atoms with Crippen molar-refractivity contribution < 1.29 is 18.9 Å². The van der Waals surface area contributed by atoms with Crippen LogP contribution in [0.25, 0.3) is 0 Å². The Bertz CT molecular complexity index is 315. The van der Waals surface area contributed by atoms with Crippen molar-refractivity contribution in [1.29, 1.82) is 0 Å². The maximum atomic E-state index is 5.35. The first-order valence-corrected chi connectivity index (χ1v) is 6.00. The Morgan fingerprint density at radius 1 is 0.875 bits per heavy atom. The first-order chi connectivity index (χ1) is 7.69. The fraction of sp³-hybridized carbons (Fsp3) is 0.400. The predicted molar refractivity (Wildman–Crippen MR) is 66.9 cm³/mol. The van der Waals surface area contributed by atoms with Gasteiger partial charge in [-0.2, -0.15) is 0 Å². The third-order valence-electron chi connectivity index (χ3n) is 1.65. The van der Waals surface area contributed by atoms with Gasteiger partial charge < -0.3 is 18.9 Å². The summed E-state index contributed by atoms with van der Waals surface area (Å²) in [5.41, 5.74) is 0. The van der Waals surface area contributed by atoms with Gasteiger partial charge in [0.2, 0.25) is 0 Å². The summed E-state index contributed by atoms with van der Waals surface area (Å²) < 4.78 is 22.0. The summed E-state index contributed by atoms with van der Waals surface area (Å²) >= 11 is 6.76. The van der Waals surface area contributed by atoms with Crippen LogP contribution < -0.4 is 9.47 Å². The minimum Gasteiger partial charge on any atom is -0.466 e. The van der Waals surface area contributed by atoms with Crippen molar-refractivity contribution in [2.24, 2.45) is 0 Å². The van der Waals surface area contributed by atoms with Crippen molar-refractivity contribution >= 4 is 31.9 Å². The molecule has 0 aliphatic carbocycles. The monoisotopic (exact) mass is 354 g/mol. The second kappa shape index (κ2) is 7.11. The molecule has 1 aromatic carbocycles. The standard InChI is InChI=1S/C10H12Br2O4/c1-13-5-15-9-4-10(16-6-14-2)8(12)3-7(9)11/h3-4H,5-6H2,1-2H3. The lowest BCUT2D eigenvalue weighted by Crippen LogP contribution is -2.02. The molecule has 0 saturated heterocycles. The number of benzene rings is 1. The number of halogens is 2. The summed E-state index contributed by atoms with van der Waals surface area (Å²) in [7, 11) is 3.13. The molecule has 0 atom stereocenters. The number of methoxy groups -OCH3 is 2. The molecule has 0 aliphatic rings. The first kappa shape index (κ1) is 13.8. The quantitative estimate of drug-likeness (QED) is 0.734. The van der Waals surface area contributed by atoms with Gasteiger partial charge in [0.05, 0.1) is 8.95 Å². The molecule has 0 spiro atoms. The van der Waals surface area contributed by atoms with Crippen molar-refractivity contribution in [3.8, 4) is 11.5 Å². The van der Waals surface area contributed by atoms with Gasteiger partial charge in [0.15, 0.2) is 13.6 Å². The molecule has 4 nitrogen and oxygen atoms in total. The fourth-order valence-electron chi connectivity index (χ4n) is 0.977. The molecule has 90 valence electrons. The smallest absolute Gasteiger partial charge is 0.188 e. The topological polar surface area (TPSA) is 36.9 Å². The minimum atomic E-state index is 0.184. The molecule has 0 bridgehead atoms. The van der Waals surface area contributed by atoms with Crippen LogP contribution in [0.4, 0.5) is 0 Å². The lowest BCUT2D eigenvalue weighted by atomic mass is 10.3. The summed E-state index contributed by atoms with van der Waals surface area (Å²) in [6.07, 6.45) is 0. The maximum absolute atomic E-state index is 5.35. The highest BCUT2D eigenvalue weighted by Crippen LogP contribution is 2.36. The summed E-state index contributed by atoms with van der Waals surface area (Å²) in [4.78, 5) is 0. The van der Waals surface area contributed by atoms with Gasteiger partial charge in [-0.15, -0.1) is 0 Å². The zero-order valence-electron chi connectivity index (χ0n) is 8.96. The van der Waals surface area contributed by atoms with Gasteiger partial charge in [0, 0.05) is 20.3 Å². The highest BCUT2D eigenvalue weighted by atomic mass is 79.9. The Morgan fingerprint density at radius 3 is 1.69 bits per heavy atom. The molecule has 0 amide bonds. The van der Waals surface area contributed by atoms with Gasteiger partial charge >= 0.3 is 0 Å². The van der Waals surface area contributed by atoms with Crippen molar-refractivity contribution in [3.63, 3.8) is 0 Å². The van der Waals surface area contributed by atoms with Gasteiger partial charge in [-0.3, -0.25) is 0 Å². The molecule has 0 N–H and O–H groups in total. The average molecular weight is 356 g/mol. The normalized spacial score (nSPS) is 10.2. The molecule has 0 aromatic heterocycles. The van der Waals surface area contributed by atoms with Crippen LogP contribution in [0.5, 0.6) is 11.5 Å². The Labute approximate surface area is 111 Å². The van der Waals surface area contributed by atoms with Crippen LogP contribution in [0.2, 0.25) is 0 Å². The van der Waals surface area contributed by atoms with Gasteiger partial charge in [-0.1, -0.05) is 0 Å². The van der Waals surface area contributed by atoms with E-state index in [4.69, 9.17) is 18.9 Å². The van der Waals surface area contributed by atoms with E-state index < -0.39 is 0 Å². The van der Waals surface area contributed by atoms with E-state index >= 15 is 0 Å². The SMILES string of the molecule is COCOc1cc(OCOC)c(Br)cc1Br. The molecule has 1 rings (SSSR count). The van der Waals surface area contributed by atoms with E-state index in [2.05, 4.69) is 31.9 Å². The lowest BCUT2D eigenvalue weighted by molar-refractivity contribution is 0.0453. The van der Waals surface area contributed by atoms with Crippen molar-refractivity contribution in [2.75, 3.05) is 27.8 Å². The highest BCUT2D eigenvalue weighted by Gasteiger charge is 2.08. The number of rotatable bonds is 6. The van der Waals surface area contributed by atoms with E-state index in [-0.39, 0.29) is 13.6 Å². The van der Waals surface area contributed by atoms with Gasteiger partial charge in [-0.05, 0) is 37.9 Å². The summed E-state index contributed by atoms with van der Waals surface area (Å²) in [5, 5.41) is 0. The van der Waals surface area contributed by atoms with E-state index in [1.807, 2.05) is 6.07 Å². The van der Waals surface area contributed by atoms with E-state index in [9.17, 15) is 0 Å². The van der Waals surface area contributed by atoms with Gasteiger partial charge in [0.25, 0.3) is 0 Å². The Kier molecular flexibility index (Phi) is 6.12. The van der Waals surface area contributed by atoms with Crippen LogP contribution in [0.15, 0.2) is 21.1 Å². The molecule has 0 fully saturated rings. The lowest BCUT2D eigenvalue weighted by Gasteiger charge is -2.11. The number of hydrogen-bond acceptors (Lipinski definition) is 4. The zero-order chi connectivity index (χ0) is 12.0. The highest BCUT2D eigenvalue weighted by molar-refractivity contribution is 9.11. The van der Waals surface area contributed by atoms with Crippen LogP contribution in [0, 0.1) is 0 Å². The minimum absolute atomic E-state index is 0.184. The second-order valence-corrected chi connectivity index (χ2v) is 4.52. The van der Waals surface area contributed by atoms with E-state index in [0.29, 0.717) is 11.5 Å². The van der Waals surface area contributed by atoms with Gasteiger partial charge in [-0.25, -0.2) is 0 Å². The maximum Gasteiger partial charge on any atom is 0.188 e. The van der Waals surface area contributed by atoms with Crippen LogP contribution in [-0.4, -0.2) is 27.8 Å². The predicted octanol–water partition coefficient (Wildman–Crippen LogP) is 3.18. The van der Waals surface area contributed by atoms with E-state index in [0.717, 1.165) is 8.95 Å². The summed E-state index contributed by atoms with van der Waals surface area (Å²) in [5.74, 6) is 1.30. The Balaban J connectivity index is 2.83. The van der Waals surface area contributed by atoms with E-state index in [1.165, 1.54) is 0 Å². The zero-order valence-corrected chi connectivity index (χ0v) is 12.1. The van der Waals surface area contributed by atoms with E-state index in [1.54, 1.807) is 20.3 Å². The molecule has 0 radical (unpaired) electrons. The Morgan fingerprint density at radius 2 is 1.31 bits per heavy atom. The summed E-state index contributed by atoms with van der Waals surface area (Å²) in [6, 6.07) is 3.60. The molecule has 0 aliphatic heterocycles. The van der Waals surface area contributed by atoms with Crippen molar-refractivity contribution in [2.45, 2.75) is 0 Å². The van der Waals surface area contributed by atoms with Crippen LogP contribution >= 0.6 is 31.9 Å². The third kappa shape index (κ3) is 3.93. The van der Waals surface area contributed by atoms with Crippen molar-refractivity contribution in [1.82, 2.24) is 0 Å². The molecule has 0 heterocycles. The third-order valence-corrected chi connectivity index (χ3v) is 2.89. The first-order valence-electron chi connectivity index (χ1n) is 4.41. The molecule has 16 heavy (non-hydrogen) atoms. The molecular weight excluding hydrogens is 344 g/mol. The largest absolute Gasteiger partial charge is 0.466 e. The number of ether oxygens (including phenoxy) is 4. The fourth-order valence-corrected chi connectivity index (χ4v) is 2.20. The Hall–Kier alpha value is -0.300. The molecular formula is C10H12Br2O4. The average Bonchev–Trinajstić information content (AvgIpc) is 2.26. The molecule has 0 saturated carbocycles. The van der Waals surface area contributed by atoms with Gasteiger partial charge in [0.1, 0.15) is 11.5 Å². The van der Waals surface area contributed by atoms with Crippen LogP contribution in [0.1, 0.15) is 0 Å².